The van der Waals surface area contributed by atoms with Gasteiger partial charge in [-0.05, 0) is 30.2 Å². The summed E-state index contributed by atoms with van der Waals surface area (Å²) in [5, 5.41) is 18.8. The standard InChI is InChI=1S/C16H13Cl2NO4/c17-10-6-11(16(23)12(18)7-10)15(22)9-2-1-8(13(19)5-9)3-4-14(20)21/h1-2,5-7,23H,3-4,19H2,(H,20,21). The Balaban J connectivity index is 2.34. The molecule has 4 N–H and O–H groups in total. The van der Waals surface area contributed by atoms with Crippen molar-refractivity contribution < 1.29 is 19.8 Å². The van der Waals surface area contributed by atoms with Crippen molar-refractivity contribution >= 4 is 40.6 Å². The smallest absolute Gasteiger partial charge is 0.303 e. The summed E-state index contributed by atoms with van der Waals surface area (Å²) in [6.45, 7) is 0. The molecule has 0 aliphatic carbocycles. The summed E-state index contributed by atoms with van der Waals surface area (Å²) in [6.07, 6.45) is 0.214. The molecule has 0 aliphatic rings. The summed E-state index contributed by atoms with van der Waals surface area (Å²) in [6, 6.07) is 7.20. The summed E-state index contributed by atoms with van der Waals surface area (Å²) in [7, 11) is 0. The highest BCUT2D eigenvalue weighted by atomic mass is 35.5. The van der Waals surface area contributed by atoms with E-state index < -0.39 is 11.8 Å². The predicted molar refractivity (Wildman–Crippen MR) is 88.4 cm³/mol. The molecule has 2 aromatic rings. The van der Waals surface area contributed by atoms with Gasteiger partial charge < -0.3 is 15.9 Å². The number of aromatic hydroxyl groups is 1. The zero-order valence-corrected chi connectivity index (χ0v) is 13.4. The van der Waals surface area contributed by atoms with Crippen LogP contribution < -0.4 is 5.73 Å². The lowest BCUT2D eigenvalue weighted by molar-refractivity contribution is -0.136. The third-order valence-corrected chi connectivity index (χ3v) is 3.80. The predicted octanol–water partition coefficient (Wildman–Crippen LogP) is 3.53. The number of phenolic OH excluding ortho intramolecular Hbond substituents is 1. The molecule has 0 aromatic heterocycles. The maximum atomic E-state index is 12.5. The van der Waals surface area contributed by atoms with Crippen LogP contribution in [0.5, 0.6) is 5.75 Å². The minimum absolute atomic E-state index is 0.0214. The lowest BCUT2D eigenvalue weighted by atomic mass is 9.98. The SMILES string of the molecule is Nc1cc(C(=O)c2cc(Cl)cc(Cl)c2O)ccc1CCC(=O)O. The zero-order valence-electron chi connectivity index (χ0n) is 11.8. The number of ketones is 1. The van der Waals surface area contributed by atoms with E-state index in [1.165, 1.54) is 24.3 Å². The minimum atomic E-state index is -0.928. The van der Waals surface area contributed by atoms with Gasteiger partial charge in [-0.2, -0.15) is 0 Å². The van der Waals surface area contributed by atoms with Crippen LogP contribution in [-0.4, -0.2) is 22.0 Å². The maximum absolute atomic E-state index is 12.5. The van der Waals surface area contributed by atoms with Crippen molar-refractivity contribution in [3.05, 3.63) is 57.1 Å². The molecular formula is C16H13Cl2NO4. The van der Waals surface area contributed by atoms with Gasteiger partial charge in [0, 0.05) is 22.7 Å². The molecular weight excluding hydrogens is 341 g/mol. The lowest BCUT2D eigenvalue weighted by Gasteiger charge is -2.09. The Bertz CT molecular complexity index is 790. The highest BCUT2D eigenvalue weighted by Crippen LogP contribution is 2.33. The van der Waals surface area contributed by atoms with Crippen molar-refractivity contribution in [1.29, 1.82) is 0 Å². The second kappa shape index (κ2) is 6.89. The van der Waals surface area contributed by atoms with Crippen LogP contribution in [0.2, 0.25) is 10.0 Å². The van der Waals surface area contributed by atoms with Gasteiger partial charge in [0.05, 0.1) is 10.6 Å². The Morgan fingerprint density at radius 1 is 1.13 bits per heavy atom. The molecule has 120 valence electrons. The van der Waals surface area contributed by atoms with Crippen LogP contribution in [0.1, 0.15) is 27.9 Å². The number of nitrogen functional groups attached to an aromatic ring is 1. The molecule has 7 heteroatoms. The number of phenols is 1. The minimum Gasteiger partial charge on any atom is -0.506 e. The van der Waals surface area contributed by atoms with Gasteiger partial charge in [-0.1, -0.05) is 35.3 Å². The van der Waals surface area contributed by atoms with Gasteiger partial charge in [0.15, 0.2) is 5.78 Å². The first-order valence-corrected chi connectivity index (χ1v) is 7.38. The molecule has 0 unspecified atom stereocenters. The molecule has 0 fully saturated rings. The van der Waals surface area contributed by atoms with E-state index in [2.05, 4.69) is 0 Å². The first-order valence-electron chi connectivity index (χ1n) is 6.62. The number of nitrogens with two attached hydrogens (primary N) is 1. The summed E-state index contributed by atoms with van der Waals surface area (Å²) in [5.74, 6) is -1.76. The van der Waals surface area contributed by atoms with Crippen LogP contribution >= 0.6 is 23.2 Å². The van der Waals surface area contributed by atoms with Crippen LogP contribution in [0, 0.1) is 0 Å². The Hall–Kier alpha value is -2.24. The van der Waals surface area contributed by atoms with Crippen LogP contribution in [-0.2, 0) is 11.2 Å². The number of carboxylic acid groups (broad SMARTS) is 1. The Morgan fingerprint density at radius 3 is 2.43 bits per heavy atom. The second-order valence-electron chi connectivity index (χ2n) is 4.92. The lowest BCUT2D eigenvalue weighted by Crippen LogP contribution is -2.06. The molecule has 0 aliphatic heterocycles. The van der Waals surface area contributed by atoms with E-state index in [0.717, 1.165) is 0 Å². The average Bonchev–Trinajstić information content (AvgIpc) is 2.48. The van der Waals surface area contributed by atoms with E-state index in [0.29, 0.717) is 11.3 Å². The Kier molecular flexibility index (Phi) is 5.13. The van der Waals surface area contributed by atoms with Gasteiger partial charge in [-0.25, -0.2) is 0 Å². The van der Waals surface area contributed by atoms with E-state index in [9.17, 15) is 14.7 Å². The fourth-order valence-corrected chi connectivity index (χ4v) is 2.59. The quantitative estimate of drug-likeness (QED) is 0.563. The summed E-state index contributed by atoms with van der Waals surface area (Å²) < 4.78 is 0. The average molecular weight is 354 g/mol. The van der Waals surface area contributed by atoms with E-state index in [1.807, 2.05) is 0 Å². The fraction of sp³-hybridized carbons (Fsp3) is 0.125. The molecule has 0 radical (unpaired) electrons. The number of carbonyl (C=O) groups is 2. The highest BCUT2D eigenvalue weighted by molar-refractivity contribution is 6.36. The van der Waals surface area contributed by atoms with E-state index in [1.54, 1.807) is 6.07 Å². The van der Waals surface area contributed by atoms with E-state index in [-0.39, 0.29) is 39.8 Å². The molecule has 0 saturated carbocycles. The zero-order chi connectivity index (χ0) is 17.1. The largest absolute Gasteiger partial charge is 0.506 e. The number of rotatable bonds is 5. The van der Waals surface area contributed by atoms with Crippen molar-refractivity contribution in [3.63, 3.8) is 0 Å². The molecule has 5 nitrogen and oxygen atoms in total. The third-order valence-electron chi connectivity index (χ3n) is 3.29. The Labute approximate surface area is 142 Å². The number of halogens is 2. The first kappa shape index (κ1) is 17.1. The number of aryl methyl sites for hydroxylation is 1. The van der Waals surface area contributed by atoms with Gasteiger partial charge in [0.25, 0.3) is 0 Å². The third kappa shape index (κ3) is 3.94. The van der Waals surface area contributed by atoms with E-state index >= 15 is 0 Å². The topological polar surface area (TPSA) is 101 Å². The molecule has 0 atom stereocenters. The number of benzene rings is 2. The second-order valence-corrected chi connectivity index (χ2v) is 5.76. The van der Waals surface area contributed by atoms with Gasteiger partial charge in [-0.15, -0.1) is 0 Å². The number of anilines is 1. The summed E-state index contributed by atoms with van der Waals surface area (Å²) >= 11 is 11.7. The first-order chi connectivity index (χ1) is 10.8. The van der Waals surface area contributed by atoms with Crippen molar-refractivity contribution in [2.75, 3.05) is 5.73 Å². The molecule has 0 spiro atoms. The van der Waals surface area contributed by atoms with Crippen LogP contribution in [0.15, 0.2) is 30.3 Å². The molecule has 2 rings (SSSR count). The summed E-state index contributed by atoms with van der Waals surface area (Å²) in [4.78, 5) is 23.1. The number of aliphatic carboxylic acids is 1. The molecule has 0 amide bonds. The molecule has 2 aromatic carbocycles. The fourth-order valence-electron chi connectivity index (χ4n) is 2.10. The monoisotopic (exact) mass is 353 g/mol. The number of hydrogen-bond donors (Lipinski definition) is 3. The molecule has 0 saturated heterocycles. The molecule has 0 bridgehead atoms. The maximum Gasteiger partial charge on any atom is 0.303 e. The van der Waals surface area contributed by atoms with Crippen LogP contribution in [0.25, 0.3) is 0 Å². The van der Waals surface area contributed by atoms with Crippen LogP contribution in [0.4, 0.5) is 5.69 Å². The number of carbonyl (C=O) groups excluding carboxylic acids is 1. The number of carboxylic acids is 1. The number of hydrogen-bond acceptors (Lipinski definition) is 4. The van der Waals surface area contributed by atoms with Crippen molar-refractivity contribution in [1.82, 2.24) is 0 Å². The molecule has 23 heavy (non-hydrogen) atoms. The van der Waals surface area contributed by atoms with Crippen molar-refractivity contribution in [3.8, 4) is 5.75 Å². The molecule has 0 heterocycles. The van der Waals surface area contributed by atoms with Gasteiger partial charge in [-0.3, -0.25) is 9.59 Å². The van der Waals surface area contributed by atoms with Gasteiger partial charge in [0.2, 0.25) is 0 Å². The van der Waals surface area contributed by atoms with Gasteiger partial charge in [0.1, 0.15) is 5.75 Å². The van der Waals surface area contributed by atoms with Crippen molar-refractivity contribution in [2.24, 2.45) is 0 Å². The van der Waals surface area contributed by atoms with Crippen molar-refractivity contribution in [2.45, 2.75) is 12.8 Å². The normalized spacial score (nSPS) is 10.5. The van der Waals surface area contributed by atoms with Gasteiger partial charge >= 0.3 is 5.97 Å². The van der Waals surface area contributed by atoms with E-state index in [4.69, 9.17) is 34.0 Å². The Morgan fingerprint density at radius 2 is 1.83 bits per heavy atom. The highest BCUT2D eigenvalue weighted by Gasteiger charge is 2.18. The summed E-state index contributed by atoms with van der Waals surface area (Å²) in [5.41, 5.74) is 7.03. The van der Waals surface area contributed by atoms with Crippen LogP contribution in [0.3, 0.4) is 0 Å².